The predicted octanol–water partition coefficient (Wildman–Crippen LogP) is 3.17. The standard InChI is InChI=1S/C11H10NS/c1-2-10-8-13-11(12-10)9-6-4-3-5-7-9/h4-8H,2H2,1H3. The summed E-state index contributed by atoms with van der Waals surface area (Å²) in [5.41, 5.74) is 2.36. The molecule has 0 aliphatic rings. The van der Waals surface area contributed by atoms with Crippen molar-refractivity contribution in [3.63, 3.8) is 0 Å². The number of benzene rings is 1. The third kappa shape index (κ3) is 1.78. The summed E-state index contributed by atoms with van der Waals surface area (Å²) in [4.78, 5) is 4.50. The number of aryl methyl sites for hydroxylation is 1. The van der Waals surface area contributed by atoms with E-state index in [2.05, 4.69) is 23.4 Å². The van der Waals surface area contributed by atoms with Crippen molar-refractivity contribution < 1.29 is 0 Å². The molecule has 1 heterocycles. The molecule has 1 aromatic heterocycles. The smallest absolute Gasteiger partial charge is 0.123 e. The predicted molar refractivity (Wildman–Crippen MR) is 55.8 cm³/mol. The minimum atomic E-state index is 1.01. The fourth-order valence-electron chi connectivity index (χ4n) is 1.13. The molecule has 0 unspecified atom stereocenters. The lowest BCUT2D eigenvalue weighted by Crippen LogP contribution is -1.79. The number of nitrogens with zero attached hydrogens (tertiary/aromatic N) is 1. The summed E-state index contributed by atoms with van der Waals surface area (Å²) in [6, 6.07) is 10.9. The summed E-state index contributed by atoms with van der Waals surface area (Å²) >= 11 is 1.70. The Morgan fingerprint density at radius 1 is 1.38 bits per heavy atom. The van der Waals surface area contributed by atoms with Crippen LogP contribution in [0.25, 0.3) is 10.6 Å². The van der Waals surface area contributed by atoms with Crippen LogP contribution in [0.3, 0.4) is 0 Å². The van der Waals surface area contributed by atoms with Gasteiger partial charge in [-0.1, -0.05) is 31.2 Å². The Hall–Kier alpha value is -1.15. The fourth-order valence-corrected chi connectivity index (χ4v) is 2.04. The van der Waals surface area contributed by atoms with Crippen molar-refractivity contribution in [2.45, 2.75) is 13.3 Å². The van der Waals surface area contributed by atoms with Crippen molar-refractivity contribution in [3.05, 3.63) is 41.4 Å². The molecule has 1 aromatic carbocycles. The molecule has 0 spiro atoms. The lowest BCUT2D eigenvalue weighted by atomic mass is 10.2. The van der Waals surface area contributed by atoms with E-state index >= 15 is 0 Å². The van der Waals surface area contributed by atoms with E-state index in [1.54, 1.807) is 11.3 Å². The Bertz CT molecular complexity index is 378. The molecule has 0 aliphatic heterocycles. The molecule has 0 amide bonds. The first-order valence-electron chi connectivity index (χ1n) is 4.31. The van der Waals surface area contributed by atoms with E-state index < -0.39 is 0 Å². The van der Waals surface area contributed by atoms with Crippen LogP contribution in [0.2, 0.25) is 0 Å². The third-order valence-electron chi connectivity index (χ3n) is 1.88. The van der Waals surface area contributed by atoms with Crippen molar-refractivity contribution in [1.82, 2.24) is 4.98 Å². The van der Waals surface area contributed by atoms with Crippen LogP contribution in [-0.4, -0.2) is 4.98 Å². The summed E-state index contributed by atoms with van der Waals surface area (Å²) < 4.78 is 0. The van der Waals surface area contributed by atoms with Gasteiger partial charge in [-0.05, 0) is 12.5 Å². The Morgan fingerprint density at radius 2 is 2.15 bits per heavy atom. The Kier molecular flexibility index (Phi) is 2.41. The minimum Gasteiger partial charge on any atom is -0.241 e. The van der Waals surface area contributed by atoms with Crippen LogP contribution in [0, 0.1) is 6.07 Å². The molecule has 0 saturated heterocycles. The molecule has 1 nitrogen and oxygen atoms in total. The van der Waals surface area contributed by atoms with Gasteiger partial charge >= 0.3 is 0 Å². The van der Waals surface area contributed by atoms with Crippen molar-refractivity contribution in [2.75, 3.05) is 0 Å². The fraction of sp³-hybridized carbons (Fsp3) is 0.182. The Morgan fingerprint density at radius 3 is 2.77 bits per heavy atom. The van der Waals surface area contributed by atoms with Gasteiger partial charge in [0.15, 0.2) is 0 Å². The maximum absolute atomic E-state index is 4.50. The van der Waals surface area contributed by atoms with E-state index in [0.717, 1.165) is 11.4 Å². The highest BCUT2D eigenvalue weighted by molar-refractivity contribution is 7.13. The third-order valence-corrected chi connectivity index (χ3v) is 2.82. The molecular formula is C11H10NS. The number of aromatic nitrogens is 1. The van der Waals surface area contributed by atoms with Crippen LogP contribution in [0.15, 0.2) is 29.6 Å². The zero-order valence-corrected chi connectivity index (χ0v) is 8.27. The minimum absolute atomic E-state index is 1.01. The molecular weight excluding hydrogens is 178 g/mol. The number of hydrogen-bond donors (Lipinski definition) is 0. The van der Waals surface area contributed by atoms with Crippen LogP contribution in [-0.2, 0) is 6.42 Å². The van der Waals surface area contributed by atoms with E-state index in [1.807, 2.05) is 24.3 Å². The van der Waals surface area contributed by atoms with E-state index in [1.165, 1.54) is 11.3 Å². The van der Waals surface area contributed by atoms with Crippen molar-refractivity contribution in [1.29, 1.82) is 0 Å². The largest absolute Gasteiger partial charge is 0.241 e. The normalized spacial score (nSPS) is 10.2. The highest BCUT2D eigenvalue weighted by Crippen LogP contribution is 2.22. The monoisotopic (exact) mass is 188 g/mol. The molecule has 2 aromatic rings. The number of hydrogen-bond acceptors (Lipinski definition) is 2. The summed E-state index contributed by atoms with van der Waals surface area (Å²) in [6.45, 7) is 2.12. The van der Waals surface area contributed by atoms with Gasteiger partial charge in [0.2, 0.25) is 0 Å². The van der Waals surface area contributed by atoms with Crippen LogP contribution >= 0.6 is 11.3 Å². The summed E-state index contributed by atoms with van der Waals surface area (Å²) in [5, 5.41) is 3.22. The van der Waals surface area contributed by atoms with Crippen LogP contribution in [0.5, 0.6) is 0 Å². The first kappa shape index (κ1) is 8.45. The van der Waals surface area contributed by atoms with Crippen LogP contribution in [0.1, 0.15) is 12.6 Å². The molecule has 2 heteroatoms. The van der Waals surface area contributed by atoms with Gasteiger partial charge in [-0.15, -0.1) is 11.3 Å². The lowest BCUT2D eigenvalue weighted by molar-refractivity contribution is 1.07. The molecule has 13 heavy (non-hydrogen) atoms. The van der Waals surface area contributed by atoms with Gasteiger partial charge in [0.1, 0.15) is 5.01 Å². The molecule has 0 fully saturated rings. The molecule has 0 aliphatic carbocycles. The SMILES string of the molecule is CCc1csc(-c2cc[c]cc2)n1. The van der Waals surface area contributed by atoms with E-state index in [4.69, 9.17) is 0 Å². The zero-order valence-electron chi connectivity index (χ0n) is 7.45. The highest BCUT2D eigenvalue weighted by Gasteiger charge is 2.01. The lowest BCUT2D eigenvalue weighted by Gasteiger charge is -1.92. The molecule has 2 rings (SSSR count). The van der Waals surface area contributed by atoms with Crippen molar-refractivity contribution in [2.24, 2.45) is 0 Å². The second-order valence-corrected chi connectivity index (χ2v) is 3.64. The van der Waals surface area contributed by atoms with Gasteiger partial charge in [-0.3, -0.25) is 0 Å². The van der Waals surface area contributed by atoms with Crippen LogP contribution < -0.4 is 0 Å². The molecule has 65 valence electrons. The molecule has 0 atom stereocenters. The van der Waals surface area contributed by atoms with Gasteiger partial charge in [0.05, 0.1) is 5.69 Å². The van der Waals surface area contributed by atoms with Gasteiger partial charge < -0.3 is 0 Å². The highest BCUT2D eigenvalue weighted by atomic mass is 32.1. The van der Waals surface area contributed by atoms with Gasteiger partial charge in [0, 0.05) is 10.9 Å². The van der Waals surface area contributed by atoms with Gasteiger partial charge in [0.25, 0.3) is 0 Å². The average Bonchev–Trinajstić information content (AvgIpc) is 2.67. The topological polar surface area (TPSA) is 12.9 Å². The molecule has 1 radical (unpaired) electrons. The Balaban J connectivity index is 2.36. The second kappa shape index (κ2) is 3.71. The zero-order chi connectivity index (χ0) is 9.10. The quantitative estimate of drug-likeness (QED) is 0.705. The van der Waals surface area contributed by atoms with Crippen LogP contribution in [0.4, 0.5) is 0 Å². The van der Waals surface area contributed by atoms with Crippen molar-refractivity contribution >= 4 is 11.3 Å². The first-order valence-corrected chi connectivity index (χ1v) is 5.19. The molecule has 0 saturated carbocycles. The second-order valence-electron chi connectivity index (χ2n) is 2.79. The number of thiazole rings is 1. The van der Waals surface area contributed by atoms with E-state index in [9.17, 15) is 0 Å². The van der Waals surface area contributed by atoms with Gasteiger partial charge in [-0.25, -0.2) is 4.98 Å². The maximum Gasteiger partial charge on any atom is 0.123 e. The summed E-state index contributed by atoms with van der Waals surface area (Å²) in [5.74, 6) is 0. The van der Waals surface area contributed by atoms with E-state index in [0.29, 0.717) is 0 Å². The molecule has 0 bridgehead atoms. The Labute approximate surface area is 82.1 Å². The average molecular weight is 188 g/mol. The number of rotatable bonds is 2. The summed E-state index contributed by atoms with van der Waals surface area (Å²) in [6.07, 6.45) is 1.01. The first-order chi connectivity index (χ1) is 6.40. The molecule has 0 N–H and O–H groups in total. The summed E-state index contributed by atoms with van der Waals surface area (Å²) in [7, 11) is 0. The van der Waals surface area contributed by atoms with E-state index in [-0.39, 0.29) is 0 Å². The van der Waals surface area contributed by atoms with Gasteiger partial charge in [-0.2, -0.15) is 0 Å². The maximum atomic E-state index is 4.50. The van der Waals surface area contributed by atoms with Crippen molar-refractivity contribution in [3.8, 4) is 10.6 Å².